The number of amides is 1. The van der Waals surface area contributed by atoms with E-state index in [4.69, 9.17) is 23.2 Å². The second-order valence-corrected chi connectivity index (χ2v) is 10.7. The molecule has 1 aliphatic rings. The van der Waals surface area contributed by atoms with Gasteiger partial charge in [-0.05, 0) is 42.1 Å². The Balaban J connectivity index is 1.49. The van der Waals surface area contributed by atoms with Gasteiger partial charge in [-0.1, -0.05) is 47.5 Å². The predicted octanol–water partition coefficient (Wildman–Crippen LogP) is 5.42. The number of anilines is 2. The zero-order valence-electron chi connectivity index (χ0n) is 15.8. The summed E-state index contributed by atoms with van der Waals surface area (Å²) < 4.78 is 25.7. The summed E-state index contributed by atoms with van der Waals surface area (Å²) in [7, 11) is -3.31. The lowest BCUT2D eigenvalue weighted by Gasteiger charge is -2.18. The molecule has 5 nitrogen and oxygen atoms in total. The number of nitrogens with one attached hydrogen (secondary N) is 1. The molecule has 1 saturated heterocycles. The Kier molecular flexibility index (Phi) is 6.16. The maximum atomic E-state index is 12.6. The first-order valence-corrected chi connectivity index (χ1v) is 12.6. The third-order valence-corrected chi connectivity index (χ3v) is 8.36. The SMILES string of the molecule is O=C(CSc1cccc2cccc(Cl)c12)Nc1cc(N2CCCS2(=O)=O)ccc1Cl. The van der Waals surface area contributed by atoms with Gasteiger partial charge in [-0.2, -0.15) is 0 Å². The van der Waals surface area contributed by atoms with Gasteiger partial charge in [-0.25, -0.2) is 8.42 Å². The topological polar surface area (TPSA) is 66.5 Å². The first-order chi connectivity index (χ1) is 14.3. The molecule has 9 heteroatoms. The molecule has 1 N–H and O–H groups in total. The molecule has 30 heavy (non-hydrogen) atoms. The van der Waals surface area contributed by atoms with E-state index in [9.17, 15) is 13.2 Å². The van der Waals surface area contributed by atoms with Crippen LogP contribution >= 0.6 is 35.0 Å². The lowest BCUT2D eigenvalue weighted by molar-refractivity contribution is -0.113. The molecule has 0 radical (unpaired) electrons. The van der Waals surface area contributed by atoms with Crippen molar-refractivity contribution in [2.24, 2.45) is 0 Å². The fraction of sp³-hybridized carbons (Fsp3) is 0.190. The van der Waals surface area contributed by atoms with Crippen molar-refractivity contribution in [1.29, 1.82) is 0 Å². The number of hydrogen-bond donors (Lipinski definition) is 1. The van der Waals surface area contributed by atoms with Crippen molar-refractivity contribution in [1.82, 2.24) is 0 Å². The van der Waals surface area contributed by atoms with E-state index in [0.717, 1.165) is 15.7 Å². The summed E-state index contributed by atoms with van der Waals surface area (Å²) in [5.41, 5.74) is 0.888. The number of fused-ring (bicyclic) bond motifs is 1. The summed E-state index contributed by atoms with van der Waals surface area (Å²) in [5, 5.41) is 5.70. The van der Waals surface area contributed by atoms with Crippen LogP contribution in [-0.4, -0.2) is 32.4 Å². The van der Waals surface area contributed by atoms with Gasteiger partial charge >= 0.3 is 0 Å². The Morgan fingerprint density at radius 1 is 1.07 bits per heavy atom. The zero-order chi connectivity index (χ0) is 21.3. The Bertz CT molecular complexity index is 1230. The van der Waals surface area contributed by atoms with Gasteiger partial charge < -0.3 is 5.32 Å². The van der Waals surface area contributed by atoms with Crippen molar-refractivity contribution in [3.05, 3.63) is 64.6 Å². The summed E-state index contributed by atoms with van der Waals surface area (Å²) in [6.45, 7) is 0.426. The molecule has 3 aromatic carbocycles. The highest BCUT2D eigenvalue weighted by molar-refractivity contribution is 8.00. The molecule has 1 fully saturated rings. The fourth-order valence-corrected chi connectivity index (χ4v) is 6.37. The number of carbonyl (C=O) groups excluding carboxylic acids is 1. The van der Waals surface area contributed by atoms with Crippen molar-refractivity contribution in [3.63, 3.8) is 0 Å². The number of carbonyl (C=O) groups is 1. The summed E-state index contributed by atoms with van der Waals surface area (Å²) in [5.74, 6) is 0.0430. The van der Waals surface area contributed by atoms with Gasteiger partial charge in [0.25, 0.3) is 0 Å². The minimum absolute atomic E-state index is 0.127. The highest BCUT2D eigenvalue weighted by atomic mass is 35.5. The van der Waals surface area contributed by atoms with Gasteiger partial charge in [-0.15, -0.1) is 11.8 Å². The minimum Gasteiger partial charge on any atom is -0.324 e. The predicted molar refractivity (Wildman–Crippen MR) is 126 cm³/mol. The number of thioether (sulfide) groups is 1. The van der Waals surface area contributed by atoms with Gasteiger partial charge in [0.2, 0.25) is 15.9 Å². The largest absolute Gasteiger partial charge is 0.324 e. The van der Waals surface area contributed by atoms with Crippen LogP contribution in [0.3, 0.4) is 0 Å². The third kappa shape index (κ3) is 4.39. The number of hydrogen-bond acceptors (Lipinski definition) is 4. The molecule has 3 aromatic rings. The second kappa shape index (κ2) is 8.67. The van der Waals surface area contributed by atoms with Crippen molar-refractivity contribution in [3.8, 4) is 0 Å². The maximum Gasteiger partial charge on any atom is 0.235 e. The molecule has 0 aliphatic carbocycles. The minimum atomic E-state index is -3.31. The van der Waals surface area contributed by atoms with E-state index in [1.54, 1.807) is 18.2 Å². The summed E-state index contributed by atoms with van der Waals surface area (Å²) in [6, 6.07) is 16.4. The van der Waals surface area contributed by atoms with Crippen molar-refractivity contribution in [2.75, 3.05) is 27.7 Å². The van der Waals surface area contributed by atoms with E-state index >= 15 is 0 Å². The molecule has 1 amide bonds. The molecule has 0 unspecified atom stereocenters. The normalized spacial score (nSPS) is 15.5. The van der Waals surface area contributed by atoms with E-state index in [1.165, 1.54) is 16.1 Å². The highest BCUT2D eigenvalue weighted by Crippen LogP contribution is 2.34. The summed E-state index contributed by atoms with van der Waals surface area (Å²) in [4.78, 5) is 13.5. The number of halogens is 2. The maximum absolute atomic E-state index is 12.6. The number of rotatable bonds is 5. The third-order valence-electron chi connectivity index (χ3n) is 4.79. The summed E-state index contributed by atoms with van der Waals surface area (Å²) >= 11 is 14.0. The molecule has 1 heterocycles. The molecule has 0 aromatic heterocycles. The average molecular weight is 481 g/mol. The van der Waals surface area contributed by atoms with Crippen molar-refractivity contribution < 1.29 is 13.2 Å². The van der Waals surface area contributed by atoms with E-state index < -0.39 is 10.0 Å². The Morgan fingerprint density at radius 2 is 1.83 bits per heavy atom. The first kappa shape index (κ1) is 21.3. The quantitative estimate of drug-likeness (QED) is 0.495. The fourth-order valence-electron chi connectivity index (χ4n) is 3.41. The Morgan fingerprint density at radius 3 is 2.57 bits per heavy atom. The van der Waals surface area contributed by atoms with E-state index in [1.807, 2.05) is 36.4 Å². The van der Waals surface area contributed by atoms with Gasteiger partial charge in [0.15, 0.2) is 0 Å². The molecule has 0 saturated carbocycles. The smallest absolute Gasteiger partial charge is 0.235 e. The molecule has 0 bridgehead atoms. The molecular weight excluding hydrogens is 463 g/mol. The van der Waals surface area contributed by atoms with Crippen LogP contribution in [-0.2, 0) is 14.8 Å². The average Bonchev–Trinajstić information content (AvgIpc) is 3.07. The van der Waals surface area contributed by atoms with Crippen LogP contribution < -0.4 is 9.62 Å². The van der Waals surface area contributed by atoms with Gasteiger partial charge in [-0.3, -0.25) is 9.10 Å². The van der Waals surface area contributed by atoms with Gasteiger partial charge in [0, 0.05) is 21.8 Å². The van der Waals surface area contributed by atoms with Gasteiger partial charge in [0.05, 0.1) is 27.9 Å². The number of sulfonamides is 1. The highest BCUT2D eigenvalue weighted by Gasteiger charge is 2.28. The van der Waals surface area contributed by atoms with Crippen molar-refractivity contribution >= 4 is 73.0 Å². The molecule has 0 spiro atoms. The zero-order valence-corrected chi connectivity index (χ0v) is 18.9. The van der Waals surface area contributed by atoms with Crippen LogP contribution in [0.1, 0.15) is 6.42 Å². The number of benzene rings is 3. The monoisotopic (exact) mass is 480 g/mol. The lowest BCUT2D eigenvalue weighted by Crippen LogP contribution is -2.25. The van der Waals surface area contributed by atoms with E-state index in [2.05, 4.69) is 5.32 Å². The second-order valence-electron chi connectivity index (χ2n) is 6.84. The van der Waals surface area contributed by atoms with Crippen molar-refractivity contribution in [2.45, 2.75) is 11.3 Å². The van der Waals surface area contributed by atoms with Crippen LogP contribution in [0.25, 0.3) is 10.8 Å². The van der Waals surface area contributed by atoms with E-state index in [-0.39, 0.29) is 17.4 Å². The molecule has 4 rings (SSSR count). The van der Waals surface area contributed by atoms with Gasteiger partial charge in [0.1, 0.15) is 0 Å². The molecule has 156 valence electrons. The molecular formula is C21H18Cl2N2O3S2. The van der Waals surface area contributed by atoms with Crippen LogP contribution in [0.4, 0.5) is 11.4 Å². The number of nitrogens with zero attached hydrogens (tertiary/aromatic N) is 1. The molecule has 1 aliphatic heterocycles. The Labute approximate surface area is 189 Å². The molecule has 0 atom stereocenters. The lowest BCUT2D eigenvalue weighted by atomic mass is 10.1. The first-order valence-electron chi connectivity index (χ1n) is 9.25. The summed E-state index contributed by atoms with van der Waals surface area (Å²) in [6.07, 6.45) is 0.580. The van der Waals surface area contributed by atoms with Crippen LogP contribution in [0.5, 0.6) is 0 Å². The van der Waals surface area contributed by atoms with Crippen LogP contribution in [0.2, 0.25) is 10.0 Å². The standard InChI is InChI=1S/C21H18Cl2N2O3S2/c22-16-9-8-15(25-10-3-11-30(25,27)28)12-18(16)24-20(26)13-29-19-7-2-5-14-4-1-6-17(23)21(14)19/h1-2,4-9,12H,3,10-11,13H2,(H,24,26). The Hall–Kier alpha value is -1.93. The van der Waals surface area contributed by atoms with Crippen LogP contribution in [0.15, 0.2) is 59.5 Å². The van der Waals surface area contributed by atoms with E-state index in [0.29, 0.717) is 34.4 Å². The van der Waals surface area contributed by atoms with Crippen LogP contribution in [0, 0.1) is 0 Å².